The summed E-state index contributed by atoms with van der Waals surface area (Å²) in [5.74, 6) is 0.736. The number of carbonyl (C=O) groups is 1. The summed E-state index contributed by atoms with van der Waals surface area (Å²) in [6.45, 7) is 0.965. The van der Waals surface area contributed by atoms with Crippen molar-refractivity contribution in [3.63, 3.8) is 0 Å². The zero-order valence-corrected chi connectivity index (χ0v) is 16.5. The zero-order valence-electron chi connectivity index (χ0n) is 15.8. The van der Waals surface area contributed by atoms with Crippen LogP contribution in [0.2, 0.25) is 5.02 Å². The van der Waals surface area contributed by atoms with E-state index < -0.39 is 5.82 Å². The van der Waals surface area contributed by atoms with Crippen LogP contribution < -0.4 is 5.32 Å². The lowest BCUT2D eigenvalue weighted by molar-refractivity contribution is 0.221. The summed E-state index contributed by atoms with van der Waals surface area (Å²) in [6.07, 6.45) is 4.03. The number of amides is 2. The standard InChI is InChI=1S/C21H17ClFN5O2/c22-13-5-6-16(15(23)11-13)26-21(29)27-9-7-14(12-27)28-19-17(3-1-8-24-19)25-20(28)18-4-2-10-30-18/h1-6,8,10-11,14H,7,9,12H2,(H,26,29)/t14-/m0/s1. The SMILES string of the molecule is O=C(Nc1ccc(Cl)cc1F)N1CC[C@H](n2c(-c3ccco3)nc3cccnc32)C1. The van der Waals surface area contributed by atoms with Gasteiger partial charge in [0.05, 0.1) is 18.0 Å². The van der Waals surface area contributed by atoms with E-state index in [1.807, 2.05) is 28.8 Å². The molecule has 7 nitrogen and oxygen atoms in total. The number of fused-ring (bicyclic) bond motifs is 1. The Morgan fingerprint density at radius 2 is 2.17 bits per heavy atom. The van der Waals surface area contributed by atoms with Crippen LogP contribution in [-0.2, 0) is 0 Å². The highest BCUT2D eigenvalue weighted by molar-refractivity contribution is 6.30. The summed E-state index contributed by atoms with van der Waals surface area (Å²) in [5.41, 5.74) is 1.59. The van der Waals surface area contributed by atoms with Gasteiger partial charge in [-0.2, -0.15) is 0 Å². The molecule has 9 heteroatoms. The number of likely N-dealkylation sites (tertiary alicyclic amines) is 1. The Morgan fingerprint density at radius 3 is 2.97 bits per heavy atom. The first-order chi connectivity index (χ1) is 14.6. The normalized spacial score (nSPS) is 16.3. The number of pyridine rings is 1. The first kappa shape index (κ1) is 18.6. The highest BCUT2D eigenvalue weighted by atomic mass is 35.5. The monoisotopic (exact) mass is 425 g/mol. The second-order valence-electron chi connectivity index (χ2n) is 7.07. The largest absolute Gasteiger partial charge is 0.461 e. The molecule has 0 aliphatic carbocycles. The molecule has 4 aromatic rings. The van der Waals surface area contributed by atoms with Crippen molar-refractivity contribution < 1.29 is 13.6 Å². The molecule has 30 heavy (non-hydrogen) atoms. The summed E-state index contributed by atoms with van der Waals surface area (Å²) in [4.78, 5) is 23.5. The van der Waals surface area contributed by atoms with Crippen LogP contribution in [0, 0.1) is 5.82 Å². The van der Waals surface area contributed by atoms with Gasteiger partial charge in [-0.1, -0.05) is 11.6 Å². The number of aromatic nitrogens is 3. The highest BCUT2D eigenvalue weighted by Gasteiger charge is 2.31. The number of imidazole rings is 1. The van der Waals surface area contributed by atoms with Gasteiger partial charge in [0.1, 0.15) is 11.3 Å². The van der Waals surface area contributed by atoms with E-state index in [1.54, 1.807) is 17.4 Å². The molecule has 1 aliphatic rings. The average molecular weight is 426 g/mol. The number of halogens is 2. The number of furan rings is 1. The van der Waals surface area contributed by atoms with Gasteiger partial charge in [0, 0.05) is 24.3 Å². The van der Waals surface area contributed by atoms with Crippen LogP contribution >= 0.6 is 11.6 Å². The van der Waals surface area contributed by atoms with Crippen LogP contribution in [0.5, 0.6) is 0 Å². The smallest absolute Gasteiger partial charge is 0.321 e. The molecule has 1 aliphatic heterocycles. The van der Waals surface area contributed by atoms with E-state index in [0.29, 0.717) is 31.1 Å². The Morgan fingerprint density at radius 1 is 1.27 bits per heavy atom. The van der Waals surface area contributed by atoms with Gasteiger partial charge in [0.25, 0.3) is 0 Å². The van der Waals surface area contributed by atoms with Crippen molar-refractivity contribution in [2.45, 2.75) is 12.5 Å². The van der Waals surface area contributed by atoms with Crippen LogP contribution in [0.15, 0.2) is 59.3 Å². The maximum Gasteiger partial charge on any atom is 0.321 e. The van der Waals surface area contributed by atoms with Crippen molar-refractivity contribution in [1.29, 1.82) is 0 Å². The van der Waals surface area contributed by atoms with Crippen molar-refractivity contribution >= 4 is 34.5 Å². The van der Waals surface area contributed by atoms with Crippen LogP contribution in [0.4, 0.5) is 14.9 Å². The van der Waals surface area contributed by atoms with E-state index >= 15 is 0 Å². The Labute approximate surface area is 176 Å². The fraction of sp³-hybridized carbons (Fsp3) is 0.190. The number of benzene rings is 1. The molecule has 4 heterocycles. The molecular weight excluding hydrogens is 409 g/mol. The van der Waals surface area contributed by atoms with Crippen LogP contribution in [0.3, 0.4) is 0 Å². The van der Waals surface area contributed by atoms with Gasteiger partial charge in [0.2, 0.25) is 0 Å². The fourth-order valence-electron chi connectivity index (χ4n) is 3.78. The third-order valence-electron chi connectivity index (χ3n) is 5.18. The van der Waals surface area contributed by atoms with Crippen molar-refractivity contribution in [2.75, 3.05) is 18.4 Å². The number of urea groups is 1. The number of rotatable bonds is 3. The molecule has 0 radical (unpaired) electrons. The molecule has 0 spiro atoms. The Kier molecular flexibility index (Phi) is 4.63. The lowest BCUT2D eigenvalue weighted by atomic mass is 10.2. The van der Waals surface area contributed by atoms with Crippen LogP contribution in [-0.4, -0.2) is 38.6 Å². The quantitative estimate of drug-likeness (QED) is 0.503. The number of carbonyl (C=O) groups excluding carboxylic acids is 1. The predicted octanol–water partition coefficient (Wildman–Crippen LogP) is 4.96. The van der Waals surface area contributed by atoms with Gasteiger partial charge in [-0.05, 0) is 48.9 Å². The van der Waals surface area contributed by atoms with Crippen molar-refractivity contribution in [1.82, 2.24) is 19.4 Å². The summed E-state index contributed by atoms with van der Waals surface area (Å²) >= 11 is 5.78. The summed E-state index contributed by atoms with van der Waals surface area (Å²) in [6, 6.07) is 11.1. The topological polar surface area (TPSA) is 76.2 Å². The van der Waals surface area contributed by atoms with Gasteiger partial charge in [-0.25, -0.2) is 19.2 Å². The van der Waals surface area contributed by atoms with E-state index in [0.717, 1.165) is 11.2 Å². The molecule has 3 aromatic heterocycles. The summed E-state index contributed by atoms with van der Waals surface area (Å²) < 4.78 is 21.6. The Bertz CT molecular complexity index is 1220. The number of anilines is 1. The Hall–Kier alpha value is -3.39. The maximum atomic E-state index is 14.0. The number of nitrogens with one attached hydrogen (secondary N) is 1. The van der Waals surface area contributed by atoms with Crippen molar-refractivity contribution in [3.05, 3.63) is 65.8 Å². The van der Waals surface area contributed by atoms with E-state index in [2.05, 4.69) is 15.3 Å². The van der Waals surface area contributed by atoms with E-state index in [4.69, 9.17) is 16.0 Å². The van der Waals surface area contributed by atoms with Crippen LogP contribution in [0.1, 0.15) is 12.5 Å². The van der Waals surface area contributed by atoms with Gasteiger partial charge in [0.15, 0.2) is 17.2 Å². The Balaban J connectivity index is 1.41. The lowest BCUT2D eigenvalue weighted by Gasteiger charge is -2.19. The molecule has 1 aromatic carbocycles. The van der Waals surface area contributed by atoms with Gasteiger partial charge in [-0.3, -0.25) is 0 Å². The average Bonchev–Trinajstić information content (AvgIpc) is 3.48. The van der Waals surface area contributed by atoms with Gasteiger partial charge < -0.3 is 19.2 Å². The second kappa shape index (κ2) is 7.46. The van der Waals surface area contributed by atoms with Gasteiger partial charge in [-0.15, -0.1) is 0 Å². The summed E-state index contributed by atoms with van der Waals surface area (Å²) in [7, 11) is 0. The second-order valence-corrected chi connectivity index (χ2v) is 7.51. The molecule has 1 saturated heterocycles. The van der Waals surface area contributed by atoms with Crippen molar-refractivity contribution in [3.8, 4) is 11.6 Å². The van der Waals surface area contributed by atoms with E-state index in [9.17, 15) is 9.18 Å². The minimum Gasteiger partial charge on any atom is -0.461 e. The minimum atomic E-state index is -0.573. The molecule has 0 unspecified atom stereocenters. The molecular formula is C21H17ClFN5O2. The number of nitrogens with zero attached hydrogens (tertiary/aromatic N) is 4. The fourth-order valence-corrected chi connectivity index (χ4v) is 3.94. The molecule has 0 saturated carbocycles. The molecule has 0 bridgehead atoms. The van der Waals surface area contributed by atoms with Gasteiger partial charge >= 0.3 is 6.03 Å². The maximum absolute atomic E-state index is 14.0. The summed E-state index contributed by atoms with van der Waals surface area (Å²) in [5, 5.41) is 2.89. The first-order valence-electron chi connectivity index (χ1n) is 9.48. The van der Waals surface area contributed by atoms with E-state index in [1.165, 1.54) is 18.2 Å². The minimum absolute atomic E-state index is 0.0363. The number of hydrogen-bond acceptors (Lipinski definition) is 4. The molecule has 1 N–H and O–H groups in total. The molecule has 2 amide bonds. The predicted molar refractivity (Wildman–Crippen MR) is 111 cm³/mol. The molecule has 1 atom stereocenters. The lowest BCUT2D eigenvalue weighted by Crippen LogP contribution is -2.33. The zero-order chi connectivity index (χ0) is 20.7. The highest BCUT2D eigenvalue weighted by Crippen LogP contribution is 2.32. The van der Waals surface area contributed by atoms with Crippen molar-refractivity contribution in [2.24, 2.45) is 0 Å². The van der Waals surface area contributed by atoms with Crippen LogP contribution in [0.25, 0.3) is 22.7 Å². The molecule has 152 valence electrons. The molecule has 1 fully saturated rings. The number of hydrogen-bond donors (Lipinski definition) is 1. The first-order valence-corrected chi connectivity index (χ1v) is 9.86. The third kappa shape index (κ3) is 3.29. The molecule has 5 rings (SSSR count). The third-order valence-corrected chi connectivity index (χ3v) is 5.41. The van der Waals surface area contributed by atoms with E-state index in [-0.39, 0.29) is 22.8 Å².